The summed E-state index contributed by atoms with van der Waals surface area (Å²) in [4.78, 5) is 25.2. The van der Waals surface area contributed by atoms with Crippen LogP contribution in [0, 0.1) is 27.7 Å². The number of nitrogens with one attached hydrogen (secondary N) is 1. The Hall–Kier alpha value is -3.60. The third-order valence-electron chi connectivity index (χ3n) is 5.30. The summed E-state index contributed by atoms with van der Waals surface area (Å²) in [5.74, 6) is 0.400. The molecule has 152 valence electrons. The standard InChI is InChI=1S/C25H23NO4/c1-14-10-16(3)25-20(11-14)24(28)19-9-8-18(12-22(19)30-25)26-23(27)13-29-21-7-5-6-15(2)17(21)4/h5-12H,13H2,1-4H3,(H,26,27). The number of hydrogen-bond acceptors (Lipinski definition) is 4. The molecule has 0 unspecified atom stereocenters. The van der Waals surface area contributed by atoms with Gasteiger partial charge in [-0.3, -0.25) is 9.59 Å². The Bertz CT molecular complexity index is 1350. The van der Waals surface area contributed by atoms with Crippen molar-refractivity contribution in [2.24, 2.45) is 0 Å². The van der Waals surface area contributed by atoms with Crippen LogP contribution in [0.4, 0.5) is 5.69 Å². The van der Waals surface area contributed by atoms with E-state index in [1.807, 2.05) is 58.0 Å². The van der Waals surface area contributed by atoms with Crippen LogP contribution in [0.25, 0.3) is 21.9 Å². The van der Waals surface area contributed by atoms with Crippen LogP contribution in [0.1, 0.15) is 22.3 Å². The van der Waals surface area contributed by atoms with E-state index in [4.69, 9.17) is 9.15 Å². The van der Waals surface area contributed by atoms with Crippen molar-refractivity contribution >= 4 is 33.5 Å². The summed E-state index contributed by atoms with van der Waals surface area (Å²) in [5.41, 5.74) is 5.51. The summed E-state index contributed by atoms with van der Waals surface area (Å²) in [5, 5.41) is 3.86. The molecular weight excluding hydrogens is 378 g/mol. The second-order valence-corrected chi connectivity index (χ2v) is 7.64. The van der Waals surface area contributed by atoms with Gasteiger partial charge < -0.3 is 14.5 Å². The minimum Gasteiger partial charge on any atom is -0.483 e. The van der Waals surface area contributed by atoms with Gasteiger partial charge in [0.25, 0.3) is 5.91 Å². The molecule has 0 saturated carbocycles. The fraction of sp³-hybridized carbons (Fsp3) is 0.200. The lowest BCUT2D eigenvalue weighted by Crippen LogP contribution is -2.20. The molecule has 0 aliphatic rings. The van der Waals surface area contributed by atoms with E-state index in [0.717, 1.165) is 22.3 Å². The lowest BCUT2D eigenvalue weighted by atomic mass is 10.1. The number of amides is 1. The number of anilines is 1. The smallest absolute Gasteiger partial charge is 0.262 e. The van der Waals surface area contributed by atoms with Crippen molar-refractivity contribution in [3.05, 3.63) is 81.0 Å². The van der Waals surface area contributed by atoms with Gasteiger partial charge >= 0.3 is 0 Å². The lowest BCUT2D eigenvalue weighted by Gasteiger charge is -2.11. The molecule has 0 radical (unpaired) electrons. The Balaban J connectivity index is 1.59. The molecule has 1 heterocycles. The first kappa shape index (κ1) is 19.7. The van der Waals surface area contributed by atoms with Crippen LogP contribution in [-0.4, -0.2) is 12.5 Å². The summed E-state index contributed by atoms with van der Waals surface area (Å²) >= 11 is 0. The highest BCUT2D eigenvalue weighted by Crippen LogP contribution is 2.25. The van der Waals surface area contributed by atoms with Gasteiger partial charge in [-0.15, -0.1) is 0 Å². The molecule has 4 aromatic rings. The molecule has 0 aliphatic heterocycles. The molecule has 4 rings (SSSR count). The third kappa shape index (κ3) is 3.66. The number of hydrogen-bond donors (Lipinski definition) is 1. The predicted molar refractivity (Wildman–Crippen MR) is 120 cm³/mol. The maximum Gasteiger partial charge on any atom is 0.262 e. The van der Waals surface area contributed by atoms with E-state index < -0.39 is 0 Å². The molecule has 0 aliphatic carbocycles. The molecule has 30 heavy (non-hydrogen) atoms. The third-order valence-corrected chi connectivity index (χ3v) is 5.30. The number of ether oxygens (including phenoxy) is 1. The number of carbonyl (C=O) groups excluding carboxylic acids is 1. The molecule has 3 aromatic carbocycles. The summed E-state index contributed by atoms with van der Waals surface area (Å²) < 4.78 is 11.7. The maximum absolute atomic E-state index is 12.9. The van der Waals surface area contributed by atoms with Gasteiger partial charge in [-0.25, -0.2) is 0 Å². The number of benzene rings is 3. The van der Waals surface area contributed by atoms with Crippen LogP contribution in [-0.2, 0) is 4.79 Å². The lowest BCUT2D eigenvalue weighted by molar-refractivity contribution is -0.118. The Morgan fingerprint density at radius 2 is 1.77 bits per heavy atom. The van der Waals surface area contributed by atoms with Gasteiger partial charge in [-0.2, -0.15) is 0 Å². The van der Waals surface area contributed by atoms with E-state index in [2.05, 4.69) is 5.32 Å². The quantitative estimate of drug-likeness (QED) is 0.478. The Kier molecular flexibility index (Phi) is 5.04. The fourth-order valence-corrected chi connectivity index (χ4v) is 3.61. The minimum atomic E-state index is -0.287. The zero-order valence-electron chi connectivity index (χ0n) is 17.5. The van der Waals surface area contributed by atoms with Gasteiger partial charge in [-0.1, -0.05) is 18.2 Å². The molecule has 1 amide bonds. The van der Waals surface area contributed by atoms with Crippen LogP contribution in [0.3, 0.4) is 0 Å². The highest BCUT2D eigenvalue weighted by atomic mass is 16.5. The Morgan fingerprint density at radius 1 is 0.967 bits per heavy atom. The summed E-state index contributed by atoms with van der Waals surface area (Å²) in [7, 11) is 0. The van der Waals surface area contributed by atoms with Crippen molar-refractivity contribution in [2.75, 3.05) is 11.9 Å². The highest BCUT2D eigenvalue weighted by molar-refractivity contribution is 5.96. The van der Waals surface area contributed by atoms with Gasteiger partial charge in [0, 0.05) is 11.8 Å². The topological polar surface area (TPSA) is 68.5 Å². The van der Waals surface area contributed by atoms with Crippen molar-refractivity contribution in [1.29, 1.82) is 0 Å². The molecular formula is C25H23NO4. The Morgan fingerprint density at radius 3 is 2.57 bits per heavy atom. The zero-order chi connectivity index (χ0) is 21.4. The molecule has 5 heteroatoms. The van der Waals surface area contributed by atoms with Gasteiger partial charge in [0.2, 0.25) is 5.43 Å². The van der Waals surface area contributed by atoms with E-state index in [1.165, 1.54) is 0 Å². The molecule has 1 aromatic heterocycles. The van der Waals surface area contributed by atoms with Crippen LogP contribution in [0.15, 0.2) is 57.7 Å². The molecule has 0 spiro atoms. The van der Waals surface area contributed by atoms with Gasteiger partial charge in [0.15, 0.2) is 6.61 Å². The normalized spacial score (nSPS) is 11.1. The fourth-order valence-electron chi connectivity index (χ4n) is 3.61. The first-order valence-corrected chi connectivity index (χ1v) is 9.80. The van der Waals surface area contributed by atoms with Crippen molar-refractivity contribution in [2.45, 2.75) is 27.7 Å². The first-order chi connectivity index (χ1) is 14.3. The predicted octanol–water partition coefficient (Wildman–Crippen LogP) is 5.20. The van der Waals surface area contributed by atoms with Crippen molar-refractivity contribution in [3.63, 3.8) is 0 Å². The molecule has 0 fully saturated rings. The van der Waals surface area contributed by atoms with E-state index in [1.54, 1.807) is 18.2 Å². The van der Waals surface area contributed by atoms with Crippen molar-refractivity contribution in [3.8, 4) is 5.75 Å². The average molecular weight is 401 g/mol. The highest BCUT2D eigenvalue weighted by Gasteiger charge is 2.12. The first-order valence-electron chi connectivity index (χ1n) is 9.80. The number of fused-ring (bicyclic) bond motifs is 2. The zero-order valence-corrected chi connectivity index (χ0v) is 17.5. The van der Waals surface area contributed by atoms with E-state index in [9.17, 15) is 9.59 Å². The molecule has 1 N–H and O–H groups in total. The SMILES string of the molecule is Cc1cc(C)c2oc3cc(NC(=O)COc4cccc(C)c4C)ccc3c(=O)c2c1. The number of carbonyl (C=O) groups is 1. The Labute approximate surface area is 174 Å². The number of rotatable bonds is 4. The molecule has 5 nitrogen and oxygen atoms in total. The second-order valence-electron chi connectivity index (χ2n) is 7.64. The summed E-state index contributed by atoms with van der Waals surface area (Å²) in [6.45, 7) is 7.72. The second kappa shape index (κ2) is 7.67. The molecule has 0 saturated heterocycles. The maximum atomic E-state index is 12.9. The average Bonchev–Trinajstić information content (AvgIpc) is 2.70. The summed E-state index contributed by atoms with van der Waals surface area (Å²) in [6, 6.07) is 14.6. The molecule has 0 atom stereocenters. The largest absolute Gasteiger partial charge is 0.483 e. The monoisotopic (exact) mass is 401 g/mol. The van der Waals surface area contributed by atoms with Gasteiger partial charge in [-0.05, 0) is 74.2 Å². The van der Waals surface area contributed by atoms with Crippen molar-refractivity contribution < 1.29 is 13.9 Å². The van der Waals surface area contributed by atoms with Crippen LogP contribution >= 0.6 is 0 Å². The van der Waals surface area contributed by atoms with Crippen LogP contribution < -0.4 is 15.5 Å². The van der Waals surface area contributed by atoms with Gasteiger partial charge in [0.05, 0.1) is 10.8 Å². The van der Waals surface area contributed by atoms with E-state index in [-0.39, 0.29) is 17.9 Å². The van der Waals surface area contributed by atoms with Crippen LogP contribution in [0.5, 0.6) is 5.75 Å². The molecule has 0 bridgehead atoms. The minimum absolute atomic E-state index is 0.0748. The van der Waals surface area contributed by atoms with Crippen LogP contribution in [0.2, 0.25) is 0 Å². The van der Waals surface area contributed by atoms with E-state index >= 15 is 0 Å². The summed E-state index contributed by atoms with van der Waals surface area (Å²) in [6.07, 6.45) is 0. The van der Waals surface area contributed by atoms with Crippen molar-refractivity contribution in [1.82, 2.24) is 0 Å². The number of aryl methyl sites for hydroxylation is 3. The van der Waals surface area contributed by atoms with E-state index in [0.29, 0.717) is 33.4 Å². The van der Waals surface area contributed by atoms with Gasteiger partial charge in [0.1, 0.15) is 16.9 Å².